The number of carbonyl (C=O) groups excluding carboxylic acids is 4. The van der Waals surface area contributed by atoms with E-state index in [9.17, 15) is 39.6 Å². The van der Waals surface area contributed by atoms with Crippen LogP contribution in [-0.4, -0.2) is 46.3 Å². The fraction of sp³-hybridized carbons (Fsp3) is 0.500. The average Bonchev–Trinajstić information content (AvgIpc) is 2.16. The van der Waals surface area contributed by atoms with Gasteiger partial charge in [0.1, 0.15) is 0 Å². The third kappa shape index (κ3) is 19.4. The summed E-state index contributed by atoms with van der Waals surface area (Å²) in [6.07, 6.45) is -5.78. The number of rotatable bonds is 6. The van der Waals surface area contributed by atoms with Crippen molar-refractivity contribution < 1.29 is 88.8 Å². The number of carboxylic acids is 4. The zero-order valence-corrected chi connectivity index (χ0v) is 16.1. The van der Waals surface area contributed by atoms with Crippen LogP contribution in [0.5, 0.6) is 0 Å². The van der Waals surface area contributed by atoms with Gasteiger partial charge in [-0.2, -0.15) is 0 Å². The predicted molar refractivity (Wildman–Crippen MR) is 41.3 cm³/mol. The van der Waals surface area contributed by atoms with Gasteiger partial charge in [0.25, 0.3) is 0 Å². The standard InChI is InChI=1S/2C4H6O5.2Zn/c2*5-2(4(8)9)1-3(6)7;;/h2*2,5H,1H2,(H,6,7)(H,8,9);;/q;;2*+2/p-4. The number of hydrogen-bond donors (Lipinski definition) is 2. The van der Waals surface area contributed by atoms with Crippen LogP contribution in [0.3, 0.4) is 0 Å². The van der Waals surface area contributed by atoms with E-state index in [4.69, 9.17) is 10.2 Å². The number of carboxylic acid groups (broad SMARTS) is 4. The summed E-state index contributed by atoms with van der Waals surface area (Å²) in [6.45, 7) is 0. The summed E-state index contributed by atoms with van der Waals surface area (Å²) >= 11 is 0. The molecule has 0 rings (SSSR count). The van der Waals surface area contributed by atoms with Crippen molar-refractivity contribution >= 4 is 23.9 Å². The van der Waals surface area contributed by atoms with E-state index in [1.807, 2.05) is 0 Å². The summed E-state index contributed by atoms with van der Waals surface area (Å²) in [5, 5.41) is 54.7. The molecule has 20 heavy (non-hydrogen) atoms. The summed E-state index contributed by atoms with van der Waals surface area (Å²) in [5.74, 6) is -6.85. The second-order valence-electron chi connectivity index (χ2n) is 2.82. The van der Waals surface area contributed by atoms with Gasteiger partial charge < -0.3 is 49.8 Å². The van der Waals surface area contributed by atoms with Gasteiger partial charge in [-0.1, -0.05) is 0 Å². The van der Waals surface area contributed by atoms with E-state index in [0.29, 0.717) is 0 Å². The Morgan fingerprint density at radius 2 is 0.900 bits per heavy atom. The molecule has 2 unspecified atom stereocenters. The first-order chi connectivity index (χ1) is 8.07. The number of aliphatic hydroxyl groups excluding tert-OH is 2. The maximum Gasteiger partial charge on any atom is 2.00 e. The Morgan fingerprint density at radius 1 is 0.700 bits per heavy atom. The molecular weight excluding hydrogens is 387 g/mol. The topological polar surface area (TPSA) is 201 Å². The SMILES string of the molecule is O=C([O-])CC(O)C(=O)[O-].O=C([O-])CC(O)C(=O)[O-].[Zn+2].[Zn+2]. The van der Waals surface area contributed by atoms with E-state index in [-0.39, 0.29) is 39.0 Å². The molecule has 0 aromatic heterocycles. The van der Waals surface area contributed by atoms with Gasteiger partial charge >= 0.3 is 39.0 Å². The van der Waals surface area contributed by atoms with E-state index < -0.39 is 48.9 Å². The average molecular weight is 395 g/mol. The molecule has 2 N–H and O–H groups in total. The largest absolute Gasteiger partial charge is 2.00 e. The summed E-state index contributed by atoms with van der Waals surface area (Å²) in [4.78, 5) is 38.3. The van der Waals surface area contributed by atoms with Crippen LogP contribution < -0.4 is 20.4 Å². The van der Waals surface area contributed by atoms with Gasteiger partial charge in [-0.25, -0.2) is 0 Å². The molecule has 0 aliphatic heterocycles. The van der Waals surface area contributed by atoms with Crippen LogP contribution in [0.15, 0.2) is 0 Å². The van der Waals surface area contributed by atoms with Crippen molar-refractivity contribution in [3.63, 3.8) is 0 Å². The molecular formula is C8H8O10Zn2. The molecule has 0 amide bonds. The van der Waals surface area contributed by atoms with Gasteiger partial charge in [0.15, 0.2) is 0 Å². The fourth-order valence-electron chi connectivity index (χ4n) is 0.482. The Bertz CT molecular complexity index is 299. The van der Waals surface area contributed by atoms with Crippen LogP contribution in [-0.2, 0) is 58.1 Å². The van der Waals surface area contributed by atoms with Crippen molar-refractivity contribution in [2.45, 2.75) is 25.0 Å². The van der Waals surface area contributed by atoms with Gasteiger partial charge in [-0.3, -0.25) is 0 Å². The molecule has 0 aromatic rings. The van der Waals surface area contributed by atoms with E-state index in [0.717, 1.165) is 0 Å². The van der Waals surface area contributed by atoms with E-state index in [1.54, 1.807) is 0 Å². The third-order valence-electron chi connectivity index (χ3n) is 1.26. The van der Waals surface area contributed by atoms with Crippen LogP contribution >= 0.6 is 0 Å². The minimum Gasteiger partial charge on any atom is -0.550 e. The molecule has 2 atom stereocenters. The van der Waals surface area contributed by atoms with E-state index in [1.165, 1.54) is 0 Å². The number of hydrogen-bond acceptors (Lipinski definition) is 10. The Labute approximate surface area is 137 Å². The second-order valence-corrected chi connectivity index (χ2v) is 2.82. The molecule has 0 fully saturated rings. The Balaban J connectivity index is -0.000000116. The minimum absolute atomic E-state index is 0. The molecule has 0 bridgehead atoms. The Morgan fingerprint density at radius 3 is 0.950 bits per heavy atom. The molecule has 0 aliphatic carbocycles. The molecule has 0 aromatic carbocycles. The van der Waals surface area contributed by atoms with E-state index >= 15 is 0 Å². The van der Waals surface area contributed by atoms with Gasteiger partial charge in [0.05, 0.1) is 24.1 Å². The number of aliphatic hydroxyl groups is 2. The molecule has 0 heterocycles. The fourth-order valence-corrected chi connectivity index (χ4v) is 0.482. The molecule has 0 saturated heterocycles. The van der Waals surface area contributed by atoms with Crippen molar-refractivity contribution in [3.05, 3.63) is 0 Å². The monoisotopic (exact) mass is 392 g/mol. The Kier molecular flexibility index (Phi) is 19.8. The Hall–Kier alpha value is -0.953. The van der Waals surface area contributed by atoms with Crippen molar-refractivity contribution in [2.75, 3.05) is 0 Å². The van der Waals surface area contributed by atoms with E-state index in [2.05, 4.69) is 0 Å². The summed E-state index contributed by atoms with van der Waals surface area (Å²) in [6, 6.07) is 0. The first kappa shape index (κ1) is 27.4. The maximum atomic E-state index is 9.58. The van der Waals surface area contributed by atoms with Gasteiger partial charge in [0, 0.05) is 24.8 Å². The van der Waals surface area contributed by atoms with Crippen LogP contribution in [0.2, 0.25) is 0 Å². The molecule has 12 heteroatoms. The van der Waals surface area contributed by atoms with Gasteiger partial charge in [-0.15, -0.1) is 0 Å². The van der Waals surface area contributed by atoms with Crippen molar-refractivity contribution in [1.29, 1.82) is 0 Å². The molecule has 0 spiro atoms. The first-order valence-electron chi connectivity index (χ1n) is 4.25. The summed E-state index contributed by atoms with van der Waals surface area (Å²) in [5.41, 5.74) is 0. The maximum absolute atomic E-state index is 9.58. The van der Waals surface area contributed by atoms with Crippen molar-refractivity contribution in [2.24, 2.45) is 0 Å². The molecule has 10 nitrogen and oxygen atoms in total. The number of carbonyl (C=O) groups is 4. The summed E-state index contributed by atoms with van der Waals surface area (Å²) < 4.78 is 0. The van der Waals surface area contributed by atoms with Crippen molar-refractivity contribution in [1.82, 2.24) is 0 Å². The van der Waals surface area contributed by atoms with Crippen LogP contribution in [0.25, 0.3) is 0 Å². The van der Waals surface area contributed by atoms with Crippen molar-refractivity contribution in [3.8, 4) is 0 Å². The zero-order chi connectivity index (χ0) is 14.9. The van der Waals surface area contributed by atoms with Crippen LogP contribution in [0, 0.1) is 0 Å². The third-order valence-corrected chi connectivity index (χ3v) is 1.26. The number of aliphatic carboxylic acids is 4. The normalized spacial score (nSPS) is 11.3. The second kappa shape index (κ2) is 14.5. The molecule has 0 radical (unpaired) electrons. The molecule has 0 aliphatic rings. The molecule has 0 saturated carbocycles. The smallest absolute Gasteiger partial charge is 0.550 e. The molecule has 104 valence electrons. The quantitative estimate of drug-likeness (QED) is 0.407. The predicted octanol–water partition coefficient (Wildman–Crippen LogP) is -7.53. The summed E-state index contributed by atoms with van der Waals surface area (Å²) in [7, 11) is 0. The first-order valence-corrected chi connectivity index (χ1v) is 4.25. The minimum atomic E-state index is -1.96. The van der Waals surface area contributed by atoms with Gasteiger partial charge in [0.2, 0.25) is 0 Å². The van der Waals surface area contributed by atoms with Gasteiger partial charge in [-0.05, 0) is 0 Å². The zero-order valence-electron chi connectivity index (χ0n) is 10.1. The van der Waals surface area contributed by atoms with Crippen LogP contribution in [0.4, 0.5) is 0 Å². The van der Waals surface area contributed by atoms with Crippen LogP contribution in [0.1, 0.15) is 12.8 Å².